The maximum atomic E-state index is 12.9. The molecule has 0 aliphatic rings. The van der Waals surface area contributed by atoms with Gasteiger partial charge in [0.05, 0.1) is 19.9 Å². The third-order valence-corrected chi connectivity index (χ3v) is 2.67. The zero-order valence-electron chi connectivity index (χ0n) is 11.1. The molecule has 0 aliphatic heterocycles. The molecule has 0 atom stereocenters. The van der Waals surface area contributed by atoms with Crippen molar-refractivity contribution in [1.82, 2.24) is 14.8 Å². The van der Waals surface area contributed by atoms with Gasteiger partial charge < -0.3 is 10.5 Å². The van der Waals surface area contributed by atoms with Crippen LogP contribution in [0.4, 0.5) is 13.2 Å². The van der Waals surface area contributed by atoms with E-state index in [0.29, 0.717) is 12.1 Å². The lowest BCUT2D eigenvalue weighted by Crippen LogP contribution is -2.11. The monoisotopic (exact) mass is 322 g/mol. The van der Waals surface area contributed by atoms with Crippen LogP contribution in [0.3, 0.4) is 0 Å². The van der Waals surface area contributed by atoms with Crippen LogP contribution in [0.25, 0.3) is 0 Å². The molecular weight excluding hydrogens is 309 g/mol. The summed E-state index contributed by atoms with van der Waals surface area (Å²) in [6.45, 7) is 0.509. The second-order valence-electron chi connectivity index (χ2n) is 4.15. The summed E-state index contributed by atoms with van der Waals surface area (Å²) in [5, 5.41) is 4.01. The molecule has 0 aliphatic carbocycles. The van der Waals surface area contributed by atoms with Crippen molar-refractivity contribution in [3.63, 3.8) is 0 Å². The topological polar surface area (TPSA) is 66.0 Å². The summed E-state index contributed by atoms with van der Waals surface area (Å²) in [7, 11) is 1.15. The Labute approximate surface area is 125 Å². The van der Waals surface area contributed by atoms with Gasteiger partial charge in [0.2, 0.25) is 5.88 Å². The third-order valence-electron chi connectivity index (χ3n) is 2.67. The molecule has 2 aromatic rings. The first kappa shape index (κ1) is 17.3. The van der Waals surface area contributed by atoms with Crippen molar-refractivity contribution in [2.24, 2.45) is 5.73 Å². The van der Waals surface area contributed by atoms with Crippen molar-refractivity contribution >= 4 is 12.4 Å². The second kappa shape index (κ2) is 6.77. The minimum atomic E-state index is -4.51. The molecule has 2 heterocycles. The second-order valence-corrected chi connectivity index (χ2v) is 4.15. The molecule has 2 rings (SSSR count). The predicted molar refractivity (Wildman–Crippen MR) is 72.3 cm³/mol. The number of nitrogens with zero attached hydrogens (tertiary/aromatic N) is 3. The molecule has 2 N–H and O–H groups in total. The Hall–Kier alpha value is -1.80. The van der Waals surface area contributed by atoms with Crippen molar-refractivity contribution in [3.05, 3.63) is 41.3 Å². The fourth-order valence-corrected chi connectivity index (χ4v) is 1.73. The maximum absolute atomic E-state index is 12.9. The highest BCUT2D eigenvalue weighted by Gasteiger charge is 2.35. The van der Waals surface area contributed by atoms with Crippen LogP contribution in [-0.2, 0) is 19.3 Å². The first-order chi connectivity index (χ1) is 9.44. The van der Waals surface area contributed by atoms with Gasteiger partial charge in [-0.2, -0.15) is 18.3 Å². The normalized spacial score (nSPS) is 11.1. The highest BCUT2D eigenvalue weighted by atomic mass is 35.5. The lowest BCUT2D eigenvalue weighted by Gasteiger charge is -2.12. The molecule has 5 nitrogen and oxygen atoms in total. The number of aromatic nitrogens is 3. The van der Waals surface area contributed by atoms with Crippen LogP contribution in [0.2, 0.25) is 0 Å². The van der Waals surface area contributed by atoms with E-state index in [1.165, 1.54) is 10.9 Å². The Morgan fingerprint density at radius 3 is 2.52 bits per heavy atom. The zero-order valence-corrected chi connectivity index (χ0v) is 11.9. The highest BCUT2D eigenvalue weighted by molar-refractivity contribution is 5.85. The minimum absolute atomic E-state index is 0. The molecule has 0 spiro atoms. The molecule has 0 amide bonds. The summed E-state index contributed by atoms with van der Waals surface area (Å²) in [5.41, 5.74) is 5.73. The van der Waals surface area contributed by atoms with E-state index in [9.17, 15) is 13.2 Å². The Kier molecular flexibility index (Phi) is 5.56. The van der Waals surface area contributed by atoms with Gasteiger partial charge in [0, 0.05) is 24.5 Å². The molecule has 2 aromatic heterocycles. The van der Waals surface area contributed by atoms with Gasteiger partial charge in [-0.25, -0.2) is 4.98 Å². The molecule has 0 unspecified atom stereocenters. The zero-order chi connectivity index (χ0) is 14.8. The first-order valence-electron chi connectivity index (χ1n) is 5.75. The van der Waals surface area contributed by atoms with Crippen molar-refractivity contribution < 1.29 is 17.9 Å². The van der Waals surface area contributed by atoms with E-state index in [0.717, 1.165) is 18.7 Å². The molecule has 9 heteroatoms. The summed E-state index contributed by atoms with van der Waals surface area (Å²) in [6.07, 6.45) is 0.0673. The van der Waals surface area contributed by atoms with E-state index in [1.54, 1.807) is 12.4 Å². The molecular formula is C12H14ClF3N4O. The maximum Gasteiger partial charge on any atom is 0.421 e. The molecule has 0 bridgehead atoms. The van der Waals surface area contributed by atoms with Gasteiger partial charge in [-0.15, -0.1) is 12.4 Å². The number of nitrogens with two attached hydrogens (primary N) is 1. The van der Waals surface area contributed by atoms with Gasteiger partial charge in [0.1, 0.15) is 5.56 Å². The average molecular weight is 323 g/mol. The smallest absolute Gasteiger partial charge is 0.421 e. The standard InChI is InChI=1S/C12H13F3N4O.ClH/c1-20-11-10(12(13,14)15)2-8(4-17-11)6-19-7-9(3-16)5-18-19;/h2,4-5,7H,3,6,16H2,1H3;1H. The summed E-state index contributed by atoms with van der Waals surface area (Å²) in [4.78, 5) is 3.68. The predicted octanol–water partition coefficient (Wildman–Crippen LogP) is 2.23. The first-order valence-corrected chi connectivity index (χ1v) is 5.75. The van der Waals surface area contributed by atoms with Crippen LogP contribution in [0.5, 0.6) is 5.88 Å². The van der Waals surface area contributed by atoms with Gasteiger partial charge >= 0.3 is 6.18 Å². The number of pyridine rings is 1. The molecule has 0 saturated heterocycles. The summed E-state index contributed by atoms with van der Waals surface area (Å²) in [6, 6.07) is 1.01. The SMILES string of the molecule is COc1ncc(Cn2cc(CN)cn2)cc1C(F)(F)F.Cl. The Bertz CT molecular complexity index is 600. The van der Waals surface area contributed by atoms with Crippen LogP contribution in [0.1, 0.15) is 16.7 Å². The van der Waals surface area contributed by atoms with Gasteiger partial charge in [0.15, 0.2) is 0 Å². The van der Waals surface area contributed by atoms with Crippen LogP contribution < -0.4 is 10.5 Å². The molecule has 21 heavy (non-hydrogen) atoms. The number of hydrogen-bond donors (Lipinski definition) is 1. The molecule has 0 radical (unpaired) electrons. The van der Waals surface area contributed by atoms with E-state index in [1.807, 2.05) is 0 Å². The fraction of sp³-hybridized carbons (Fsp3) is 0.333. The van der Waals surface area contributed by atoms with Crippen molar-refractivity contribution in [2.75, 3.05) is 7.11 Å². The number of rotatable bonds is 4. The van der Waals surface area contributed by atoms with Crippen LogP contribution >= 0.6 is 12.4 Å². The number of methoxy groups -OCH3 is 1. The Morgan fingerprint density at radius 2 is 2.00 bits per heavy atom. The largest absolute Gasteiger partial charge is 0.481 e. The quantitative estimate of drug-likeness (QED) is 0.937. The highest BCUT2D eigenvalue weighted by Crippen LogP contribution is 2.35. The van der Waals surface area contributed by atoms with Gasteiger partial charge in [-0.3, -0.25) is 4.68 Å². The van der Waals surface area contributed by atoms with E-state index < -0.39 is 17.6 Å². The number of halogens is 4. The molecule has 0 aromatic carbocycles. The van der Waals surface area contributed by atoms with E-state index in [-0.39, 0.29) is 19.0 Å². The van der Waals surface area contributed by atoms with E-state index in [4.69, 9.17) is 5.73 Å². The van der Waals surface area contributed by atoms with Crippen LogP contribution in [0.15, 0.2) is 24.7 Å². The lowest BCUT2D eigenvalue weighted by molar-refractivity contribution is -0.139. The fourth-order valence-electron chi connectivity index (χ4n) is 1.73. The van der Waals surface area contributed by atoms with E-state index >= 15 is 0 Å². The molecule has 0 fully saturated rings. The Balaban J connectivity index is 0.00000220. The van der Waals surface area contributed by atoms with Crippen LogP contribution in [-0.4, -0.2) is 21.9 Å². The number of alkyl halides is 3. The van der Waals surface area contributed by atoms with Crippen LogP contribution in [0, 0.1) is 0 Å². The van der Waals surface area contributed by atoms with Gasteiger partial charge in [-0.05, 0) is 11.6 Å². The minimum Gasteiger partial charge on any atom is -0.481 e. The van der Waals surface area contributed by atoms with Gasteiger partial charge in [0.25, 0.3) is 0 Å². The van der Waals surface area contributed by atoms with Crippen molar-refractivity contribution in [1.29, 1.82) is 0 Å². The third kappa shape index (κ3) is 4.08. The van der Waals surface area contributed by atoms with Crippen molar-refractivity contribution in [2.45, 2.75) is 19.3 Å². The lowest BCUT2D eigenvalue weighted by atomic mass is 10.2. The van der Waals surface area contributed by atoms with Gasteiger partial charge in [-0.1, -0.05) is 0 Å². The Morgan fingerprint density at radius 1 is 1.29 bits per heavy atom. The number of ether oxygens (including phenoxy) is 1. The summed E-state index contributed by atoms with van der Waals surface area (Å²) < 4.78 is 44.7. The average Bonchev–Trinajstić information content (AvgIpc) is 2.85. The summed E-state index contributed by atoms with van der Waals surface area (Å²) >= 11 is 0. The van der Waals surface area contributed by atoms with Crippen molar-refractivity contribution in [3.8, 4) is 5.88 Å². The molecule has 116 valence electrons. The summed E-state index contributed by atoms with van der Waals surface area (Å²) in [5.74, 6) is -0.440. The molecule has 0 saturated carbocycles. The van der Waals surface area contributed by atoms with E-state index in [2.05, 4.69) is 14.8 Å². The number of hydrogen-bond acceptors (Lipinski definition) is 4.